The Kier molecular flexibility index (Phi) is 4.11. The number of nitrogens with zero attached hydrogens (tertiary/aromatic N) is 1. The smallest absolute Gasteiger partial charge is 0.0338 e. The van der Waals surface area contributed by atoms with Gasteiger partial charge in [0.25, 0.3) is 0 Å². The van der Waals surface area contributed by atoms with Crippen LogP contribution in [0.3, 0.4) is 0 Å². The molecule has 2 unspecified atom stereocenters. The predicted molar refractivity (Wildman–Crippen MR) is 89.5 cm³/mol. The van der Waals surface area contributed by atoms with Gasteiger partial charge in [-0.3, -0.25) is 4.90 Å². The van der Waals surface area contributed by atoms with E-state index in [1.54, 1.807) is 0 Å². The lowest BCUT2D eigenvalue weighted by molar-refractivity contribution is 0.0269. The highest BCUT2D eigenvalue weighted by Gasteiger charge is 2.47. The molecule has 1 aliphatic carbocycles. The molecule has 0 amide bonds. The van der Waals surface area contributed by atoms with Gasteiger partial charge in [0.15, 0.2) is 0 Å². The molecule has 0 radical (unpaired) electrons. The van der Waals surface area contributed by atoms with E-state index in [1.165, 1.54) is 42.5 Å². The van der Waals surface area contributed by atoms with E-state index < -0.39 is 0 Å². The van der Waals surface area contributed by atoms with Crippen LogP contribution in [0.4, 0.5) is 0 Å². The quantitative estimate of drug-likeness (QED) is 0.909. The van der Waals surface area contributed by atoms with Crippen LogP contribution in [0.25, 0.3) is 0 Å². The number of hydrogen-bond acceptors (Lipinski definition) is 2. The van der Waals surface area contributed by atoms with Crippen molar-refractivity contribution in [2.45, 2.75) is 65.1 Å². The normalized spacial score (nSPS) is 30.6. The van der Waals surface area contributed by atoms with Crippen LogP contribution in [0, 0.1) is 19.8 Å². The van der Waals surface area contributed by atoms with E-state index in [1.807, 2.05) is 0 Å². The summed E-state index contributed by atoms with van der Waals surface area (Å²) in [6.07, 6.45) is 4.06. The Morgan fingerprint density at radius 2 is 2.05 bits per heavy atom. The van der Waals surface area contributed by atoms with Crippen molar-refractivity contribution >= 4 is 0 Å². The predicted octanol–water partition coefficient (Wildman–Crippen LogP) is 3.66. The summed E-state index contributed by atoms with van der Waals surface area (Å²) >= 11 is 0. The first-order valence-corrected chi connectivity index (χ1v) is 8.57. The summed E-state index contributed by atoms with van der Waals surface area (Å²) in [5, 5.41) is 3.78. The second kappa shape index (κ2) is 5.73. The molecule has 116 valence electrons. The van der Waals surface area contributed by atoms with Crippen molar-refractivity contribution in [3.63, 3.8) is 0 Å². The third-order valence-corrected chi connectivity index (χ3v) is 5.73. The van der Waals surface area contributed by atoms with Crippen molar-refractivity contribution in [1.29, 1.82) is 0 Å². The second-order valence-electron chi connectivity index (χ2n) is 7.43. The van der Waals surface area contributed by atoms with Crippen LogP contribution in [-0.2, 0) is 6.54 Å². The highest BCUT2D eigenvalue weighted by Crippen LogP contribution is 2.44. The molecule has 2 heteroatoms. The molecule has 1 saturated carbocycles. The fourth-order valence-electron chi connectivity index (χ4n) is 3.80. The lowest BCUT2D eigenvalue weighted by Crippen LogP contribution is -2.63. The van der Waals surface area contributed by atoms with Crippen LogP contribution in [0.1, 0.15) is 49.8 Å². The van der Waals surface area contributed by atoms with Gasteiger partial charge in [0.05, 0.1) is 0 Å². The van der Waals surface area contributed by atoms with Gasteiger partial charge in [-0.05, 0) is 57.1 Å². The number of rotatable bonds is 4. The number of benzene rings is 1. The number of nitrogens with one attached hydrogen (secondary N) is 1. The Balaban J connectivity index is 1.83. The van der Waals surface area contributed by atoms with Gasteiger partial charge in [0.1, 0.15) is 0 Å². The van der Waals surface area contributed by atoms with Crippen LogP contribution >= 0.6 is 0 Å². The van der Waals surface area contributed by atoms with Gasteiger partial charge in [-0.2, -0.15) is 0 Å². The molecule has 0 aromatic heterocycles. The standard InChI is InChI=1S/C19H30N2/c1-5-18-12-21(19(4,13-20-18)17-8-9-17)11-16-10-14(2)6-7-15(16)3/h6-7,10,17-18,20H,5,8-9,11-13H2,1-4H3. The molecule has 1 aromatic carbocycles. The lowest BCUT2D eigenvalue weighted by Gasteiger charge is -2.49. The maximum Gasteiger partial charge on any atom is 0.0338 e. The van der Waals surface area contributed by atoms with Gasteiger partial charge in [0, 0.05) is 31.2 Å². The molecule has 21 heavy (non-hydrogen) atoms. The zero-order valence-electron chi connectivity index (χ0n) is 14.1. The second-order valence-corrected chi connectivity index (χ2v) is 7.43. The van der Waals surface area contributed by atoms with Crippen molar-refractivity contribution in [2.24, 2.45) is 5.92 Å². The first-order valence-electron chi connectivity index (χ1n) is 8.57. The molecule has 3 rings (SSSR count). The summed E-state index contributed by atoms with van der Waals surface area (Å²) in [5.74, 6) is 0.896. The van der Waals surface area contributed by atoms with E-state index >= 15 is 0 Å². The van der Waals surface area contributed by atoms with Gasteiger partial charge in [-0.1, -0.05) is 30.7 Å². The molecule has 1 aromatic rings. The summed E-state index contributed by atoms with van der Waals surface area (Å²) in [6, 6.07) is 7.54. The van der Waals surface area contributed by atoms with E-state index in [0.717, 1.165) is 19.0 Å². The highest BCUT2D eigenvalue weighted by molar-refractivity contribution is 5.30. The molecular weight excluding hydrogens is 256 g/mol. The zero-order chi connectivity index (χ0) is 15.0. The molecule has 1 N–H and O–H groups in total. The van der Waals surface area contributed by atoms with Gasteiger partial charge in [-0.15, -0.1) is 0 Å². The van der Waals surface area contributed by atoms with Gasteiger partial charge < -0.3 is 5.32 Å². The zero-order valence-corrected chi connectivity index (χ0v) is 14.1. The van der Waals surface area contributed by atoms with Gasteiger partial charge >= 0.3 is 0 Å². The topological polar surface area (TPSA) is 15.3 Å². The van der Waals surface area contributed by atoms with Crippen LogP contribution < -0.4 is 5.32 Å². The molecule has 0 bridgehead atoms. The summed E-state index contributed by atoms with van der Waals surface area (Å²) in [4.78, 5) is 2.77. The Labute approximate surface area is 129 Å². The van der Waals surface area contributed by atoms with Crippen LogP contribution in [0.15, 0.2) is 18.2 Å². The number of aryl methyl sites for hydroxylation is 2. The Hall–Kier alpha value is -0.860. The highest BCUT2D eigenvalue weighted by atomic mass is 15.3. The fourth-order valence-corrected chi connectivity index (χ4v) is 3.80. The molecule has 1 heterocycles. The summed E-state index contributed by atoms with van der Waals surface area (Å²) < 4.78 is 0. The van der Waals surface area contributed by atoms with Crippen molar-refractivity contribution in [3.05, 3.63) is 34.9 Å². The SMILES string of the molecule is CCC1CN(Cc2cc(C)ccc2C)C(C)(C2CC2)CN1. The first-order chi connectivity index (χ1) is 10.0. The third kappa shape index (κ3) is 3.02. The first kappa shape index (κ1) is 15.1. The minimum absolute atomic E-state index is 0.349. The largest absolute Gasteiger partial charge is 0.311 e. The molecule has 2 nitrogen and oxygen atoms in total. The Morgan fingerprint density at radius 1 is 1.29 bits per heavy atom. The monoisotopic (exact) mass is 286 g/mol. The molecular formula is C19H30N2. The molecule has 1 aliphatic heterocycles. The number of hydrogen-bond donors (Lipinski definition) is 1. The van der Waals surface area contributed by atoms with E-state index in [0.29, 0.717) is 11.6 Å². The van der Waals surface area contributed by atoms with Gasteiger partial charge in [-0.25, -0.2) is 0 Å². The van der Waals surface area contributed by atoms with Crippen molar-refractivity contribution in [3.8, 4) is 0 Å². The van der Waals surface area contributed by atoms with E-state index in [9.17, 15) is 0 Å². The maximum absolute atomic E-state index is 3.78. The van der Waals surface area contributed by atoms with E-state index in [4.69, 9.17) is 0 Å². The summed E-state index contributed by atoms with van der Waals surface area (Å²) in [6.45, 7) is 12.7. The van der Waals surface area contributed by atoms with Crippen LogP contribution in [0.5, 0.6) is 0 Å². The maximum atomic E-state index is 3.78. The number of piperazine rings is 1. The van der Waals surface area contributed by atoms with Gasteiger partial charge in [0.2, 0.25) is 0 Å². The summed E-state index contributed by atoms with van der Waals surface area (Å²) in [5.41, 5.74) is 4.68. The average molecular weight is 286 g/mol. The molecule has 2 aliphatic rings. The molecule has 0 spiro atoms. The minimum atomic E-state index is 0.349. The van der Waals surface area contributed by atoms with Crippen LogP contribution in [0.2, 0.25) is 0 Å². The Morgan fingerprint density at radius 3 is 2.71 bits per heavy atom. The Bertz CT molecular complexity index is 506. The summed E-state index contributed by atoms with van der Waals surface area (Å²) in [7, 11) is 0. The third-order valence-electron chi connectivity index (χ3n) is 5.73. The van der Waals surface area contributed by atoms with E-state index in [-0.39, 0.29) is 0 Å². The van der Waals surface area contributed by atoms with Crippen molar-refractivity contribution < 1.29 is 0 Å². The van der Waals surface area contributed by atoms with Crippen molar-refractivity contribution in [2.75, 3.05) is 13.1 Å². The average Bonchev–Trinajstić information content (AvgIpc) is 3.30. The molecule has 2 atom stereocenters. The van der Waals surface area contributed by atoms with Crippen LogP contribution in [-0.4, -0.2) is 29.6 Å². The minimum Gasteiger partial charge on any atom is -0.311 e. The lowest BCUT2D eigenvalue weighted by atomic mass is 9.88. The fraction of sp³-hybridized carbons (Fsp3) is 0.684. The van der Waals surface area contributed by atoms with Crippen molar-refractivity contribution in [1.82, 2.24) is 10.2 Å². The molecule has 2 fully saturated rings. The molecule has 1 saturated heterocycles. The van der Waals surface area contributed by atoms with E-state index in [2.05, 4.69) is 56.1 Å².